The van der Waals surface area contributed by atoms with E-state index < -0.39 is 76.3 Å². The minimum atomic E-state index is -1.04. The molecule has 12 aromatic rings. The Morgan fingerprint density at radius 3 is 0.818 bits per heavy atom. The zero-order chi connectivity index (χ0) is 106. The van der Waals surface area contributed by atoms with E-state index in [1.807, 2.05) is 171 Å². The first-order valence-electron chi connectivity index (χ1n) is 44.9. The third-order valence-corrected chi connectivity index (χ3v) is 25.7. The van der Waals surface area contributed by atoms with Gasteiger partial charge in [0.05, 0.1) is 42.7 Å². The number of methoxy groups -OCH3 is 6. The van der Waals surface area contributed by atoms with E-state index >= 15 is 0 Å². The number of benzene rings is 12. The lowest BCUT2D eigenvalue weighted by molar-refractivity contribution is -0.135. The van der Waals surface area contributed by atoms with Crippen LogP contribution >= 0.6 is 50.1 Å². The highest BCUT2D eigenvalue weighted by Gasteiger charge is 2.29. The number of halogens is 4. The van der Waals surface area contributed by atoms with Crippen molar-refractivity contribution in [3.63, 3.8) is 0 Å². The molecule has 143 heavy (non-hydrogen) atoms. The standard InChI is InChI=1S/C20H22O4.C19H19BrO4.C19H19ClO4.C19H19FO4.C19H19IO4.C19H20O4/c1-12-7-6-8-16(19(21)20(22)23-5)17(12)11-24-18-10-14(3)13(2)9-15(18)4;4*1-11-8-13(3)17(9-12(11)2)24-10-15-14(6-5-7-16(15)20)18(21)19(22)23-4;1-12-9-14(3)17(10-13(12)2)23-11-15-7-5-6-8-16(15)18(20)19(21)22-4/h6-10H,11H2,1-5H3;4*5-9H,10H2,1-4H3;5-10H,11H2,1-4H3. The van der Waals surface area contributed by atoms with E-state index in [9.17, 15) is 61.9 Å². The van der Waals surface area contributed by atoms with Crippen molar-refractivity contribution in [3.8, 4) is 34.5 Å². The molecular weight excluding hydrogens is 2030 g/mol. The van der Waals surface area contributed by atoms with Crippen LogP contribution in [0.15, 0.2) is 193 Å². The van der Waals surface area contributed by atoms with Crippen molar-refractivity contribution in [2.45, 2.75) is 171 Å². The van der Waals surface area contributed by atoms with Crippen molar-refractivity contribution in [3.05, 3.63) is 379 Å². The first kappa shape index (κ1) is 116. The molecule has 0 atom stereocenters. The Morgan fingerprint density at radius 2 is 0.476 bits per heavy atom. The number of ketones is 6. The van der Waals surface area contributed by atoms with Crippen LogP contribution in [0.5, 0.6) is 34.5 Å². The van der Waals surface area contributed by atoms with Gasteiger partial charge in [-0.15, -0.1) is 0 Å². The predicted octanol–water partition coefficient (Wildman–Crippen LogP) is 23.7. The summed E-state index contributed by atoms with van der Waals surface area (Å²) >= 11 is 11.8. The molecule has 0 saturated carbocycles. The molecular formula is C115H118BrClFIO24. The molecule has 12 rings (SSSR count). The van der Waals surface area contributed by atoms with Gasteiger partial charge in [0.15, 0.2) is 0 Å². The summed E-state index contributed by atoms with van der Waals surface area (Å²) in [6.07, 6.45) is 0. The molecule has 28 heteroatoms. The Bertz CT molecular complexity index is 6030. The number of carbonyl (C=O) groups is 12. The lowest BCUT2D eigenvalue weighted by Crippen LogP contribution is -2.19. The zero-order valence-corrected chi connectivity index (χ0v) is 89.4. The van der Waals surface area contributed by atoms with E-state index in [4.69, 9.17) is 40.0 Å². The van der Waals surface area contributed by atoms with E-state index in [0.29, 0.717) is 59.8 Å². The molecule has 0 spiro atoms. The molecule has 750 valence electrons. The number of aryl methyl sites for hydroxylation is 19. The first-order valence-corrected chi connectivity index (χ1v) is 47.2. The van der Waals surface area contributed by atoms with E-state index in [1.165, 1.54) is 87.6 Å². The van der Waals surface area contributed by atoms with Gasteiger partial charge in [0.25, 0.3) is 34.7 Å². The van der Waals surface area contributed by atoms with E-state index in [-0.39, 0.29) is 61.9 Å². The molecule has 0 aromatic heterocycles. The summed E-state index contributed by atoms with van der Waals surface area (Å²) in [4.78, 5) is 142. The molecule has 0 saturated heterocycles. The minimum Gasteiger partial charge on any atom is -0.489 e. The Labute approximate surface area is 861 Å². The van der Waals surface area contributed by atoms with Crippen LogP contribution in [0.25, 0.3) is 0 Å². The summed E-state index contributed by atoms with van der Waals surface area (Å²) in [5, 5.41) is 0.367. The lowest BCUT2D eigenvalue weighted by atomic mass is 9.99. The van der Waals surface area contributed by atoms with Crippen molar-refractivity contribution in [1.29, 1.82) is 0 Å². The Kier molecular flexibility index (Phi) is 44.2. The van der Waals surface area contributed by atoms with Crippen molar-refractivity contribution in [1.82, 2.24) is 0 Å². The van der Waals surface area contributed by atoms with Crippen LogP contribution in [0.1, 0.15) is 201 Å². The highest BCUT2D eigenvalue weighted by molar-refractivity contribution is 14.1. The van der Waals surface area contributed by atoms with Crippen molar-refractivity contribution in [2.75, 3.05) is 42.7 Å². The quantitative estimate of drug-likeness (QED) is 0.0133. The number of hydrogen-bond donors (Lipinski definition) is 0. The molecule has 0 aliphatic heterocycles. The largest absolute Gasteiger partial charge is 0.489 e. The van der Waals surface area contributed by atoms with Gasteiger partial charge in [-0.3, -0.25) is 28.8 Å². The third-order valence-electron chi connectivity index (χ3n) is 23.6. The van der Waals surface area contributed by atoms with Crippen LogP contribution < -0.4 is 28.4 Å². The summed E-state index contributed by atoms with van der Waals surface area (Å²) in [5.41, 5.74) is 25.3. The molecule has 12 aromatic carbocycles. The maximum atomic E-state index is 14.1. The van der Waals surface area contributed by atoms with Gasteiger partial charge in [0, 0.05) is 79.8 Å². The molecule has 0 unspecified atom stereocenters. The van der Waals surface area contributed by atoms with E-state index in [1.54, 1.807) is 78.9 Å². The summed E-state index contributed by atoms with van der Waals surface area (Å²) in [7, 11) is 7.05. The normalized spacial score (nSPS) is 10.4. The highest BCUT2D eigenvalue weighted by atomic mass is 127. The van der Waals surface area contributed by atoms with Crippen molar-refractivity contribution in [2.24, 2.45) is 0 Å². The van der Waals surface area contributed by atoms with Crippen LogP contribution in [-0.2, 0) is 96.8 Å². The number of esters is 6. The molecule has 0 aliphatic rings. The molecule has 0 amide bonds. The molecule has 0 aliphatic carbocycles. The van der Waals surface area contributed by atoms with Gasteiger partial charge in [-0.25, -0.2) is 33.2 Å². The number of Topliss-reactive ketones (excluding diaryl/α,β-unsaturated/α-hetero) is 6. The van der Waals surface area contributed by atoms with Gasteiger partial charge in [-0.1, -0.05) is 155 Å². The third kappa shape index (κ3) is 31.6. The van der Waals surface area contributed by atoms with Gasteiger partial charge in [-0.05, 0) is 321 Å². The second-order valence-corrected chi connectivity index (χ2v) is 36.1. The fraction of sp³-hybridized carbons (Fsp3) is 0.270. The average Bonchev–Trinajstić information content (AvgIpc) is 0.823. The molecule has 0 heterocycles. The predicted molar refractivity (Wildman–Crippen MR) is 557 cm³/mol. The Hall–Kier alpha value is -14.3. The number of rotatable bonds is 30. The number of carbonyl (C=O) groups excluding carboxylic acids is 12. The molecule has 24 nitrogen and oxygen atoms in total. The molecule has 0 bridgehead atoms. The maximum absolute atomic E-state index is 14.1. The molecule has 0 radical (unpaired) electrons. The fourth-order valence-corrected chi connectivity index (χ4v) is 15.7. The molecule has 0 N–H and O–H groups in total. The Morgan fingerprint density at radius 1 is 0.245 bits per heavy atom. The minimum absolute atomic E-state index is 0.0329. The lowest BCUT2D eigenvalue weighted by Gasteiger charge is -2.15. The topological polar surface area (TPSA) is 316 Å². The SMILES string of the molecule is COC(=O)C(=O)c1cccc(Br)c1COc1cc(C)c(C)cc1C.COC(=O)C(=O)c1cccc(C)c1COc1cc(C)c(C)cc1C.COC(=O)C(=O)c1cccc(Cl)c1COc1cc(C)c(C)cc1C.COC(=O)C(=O)c1cccc(F)c1COc1cc(C)c(C)cc1C.COC(=O)C(=O)c1cccc(I)c1COc1cc(C)c(C)cc1C.COC(=O)C(=O)c1ccccc1COc1cc(C)c(C)cc1C. The summed E-state index contributed by atoms with van der Waals surface area (Å²) in [6, 6.07) is 55.3. The van der Waals surface area contributed by atoms with E-state index in [0.717, 1.165) is 117 Å². The van der Waals surface area contributed by atoms with Gasteiger partial charge >= 0.3 is 35.8 Å². The second kappa shape index (κ2) is 54.6. The number of hydrogen-bond acceptors (Lipinski definition) is 24. The summed E-state index contributed by atoms with van der Waals surface area (Å²) in [5.74, 6) is -5.99. The first-order chi connectivity index (χ1) is 67.7. The van der Waals surface area contributed by atoms with Crippen molar-refractivity contribution >= 4 is 121 Å². The average molecular weight is 2150 g/mol. The second-order valence-electron chi connectivity index (χ2n) is 33.7. The van der Waals surface area contributed by atoms with Gasteiger partial charge in [0.2, 0.25) is 0 Å². The molecule has 0 fully saturated rings. The van der Waals surface area contributed by atoms with Gasteiger partial charge < -0.3 is 56.8 Å². The summed E-state index contributed by atoms with van der Waals surface area (Å²) < 4.78 is 77.9. The highest BCUT2D eigenvalue weighted by Crippen LogP contribution is 2.35. The van der Waals surface area contributed by atoms with Gasteiger partial charge in [-0.2, -0.15) is 0 Å². The maximum Gasteiger partial charge on any atom is 0.379 e. The van der Waals surface area contributed by atoms with Crippen LogP contribution in [-0.4, -0.2) is 113 Å². The van der Waals surface area contributed by atoms with Crippen LogP contribution in [0.2, 0.25) is 5.02 Å². The van der Waals surface area contributed by atoms with Crippen LogP contribution in [0.3, 0.4) is 0 Å². The Balaban J connectivity index is 0.000000233. The monoisotopic (exact) mass is 2140 g/mol. The van der Waals surface area contributed by atoms with Gasteiger partial charge in [0.1, 0.15) is 80.0 Å². The van der Waals surface area contributed by atoms with Crippen molar-refractivity contribution < 1.29 is 119 Å². The zero-order valence-electron chi connectivity index (χ0n) is 85.0. The van der Waals surface area contributed by atoms with Crippen LogP contribution in [0, 0.1) is 141 Å². The summed E-state index contributed by atoms with van der Waals surface area (Å²) in [6.45, 7) is 38.7. The fourth-order valence-electron chi connectivity index (χ4n) is 14.3. The smallest absolute Gasteiger partial charge is 0.379 e. The van der Waals surface area contributed by atoms with Crippen LogP contribution in [0.4, 0.5) is 4.39 Å². The number of ether oxygens (including phenoxy) is 12. The van der Waals surface area contributed by atoms with E-state index in [2.05, 4.69) is 112 Å².